The highest BCUT2D eigenvalue weighted by molar-refractivity contribution is 5.78. The first-order valence-electron chi connectivity index (χ1n) is 19.8. The molecule has 0 radical (unpaired) electrons. The second-order valence-corrected chi connectivity index (χ2v) is 15.0. The maximum absolute atomic E-state index is 13.3. The van der Waals surface area contributed by atoms with Crippen LogP contribution in [-0.4, -0.2) is 60.0 Å². The Bertz CT molecular complexity index is 2680. The first kappa shape index (κ1) is 45.1. The quantitative estimate of drug-likeness (QED) is 0.140. The van der Waals surface area contributed by atoms with Crippen molar-refractivity contribution in [2.24, 2.45) is 0 Å². The van der Waals surface area contributed by atoms with Gasteiger partial charge in [-0.3, -0.25) is 38.4 Å². The molecule has 3 aliphatic rings. The molecule has 3 aliphatic heterocycles. The number of carbonyl (C=O) groups is 8. The average molecular weight is 897 g/mol. The molecule has 3 heterocycles. The lowest BCUT2D eigenvalue weighted by Crippen LogP contribution is -2.59. The van der Waals surface area contributed by atoms with Gasteiger partial charge in [0.25, 0.3) is 0 Å². The van der Waals surface area contributed by atoms with Gasteiger partial charge in [-0.05, 0) is 36.4 Å². The van der Waals surface area contributed by atoms with Gasteiger partial charge in [0, 0.05) is 108 Å². The largest absolute Gasteiger partial charge is 0.481 e. The van der Waals surface area contributed by atoms with E-state index in [1.807, 2.05) is 0 Å². The third kappa shape index (κ3) is 9.25. The van der Waals surface area contributed by atoms with E-state index in [9.17, 15) is 38.4 Å². The van der Waals surface area contributed by atoms with Gasteiger partial charge in [0.05, 0.1) is 5.92 Å². The minimum absolute atomic E-state index is 0.0307. The molecule has 0 spiro atoms. The van der Waals surface area contributed by atoms with Gasteiger partial charge >= 0.3 is 53.5 Å². The van der Waals surface area contributed by atoms with Gasteiger partial charge in [-0.1, -0.05) is 6.07 Å². The van der Waals surface area contributed by atoms with Crippen molar-refractivity contribution < 1.29 is 90.5 Å². The number of carbonyl (C=O) groups excluding carboxylic acids is 8. The molecule has 4 aromatic carbocycles. The van der Waals surface area contributed by atoms with E-state index in [0.29, 0.717) is 0 Å². The summed E-state index contributed by atoms with van der Waals surface area (Å²) in [6.07, 6.45) is -4.13. The van der Waals surface area contributed by atoms with E-state index in [1.165, 1.54) is 74.5 Å². The van der Waals surface area contributed by atoms with E-state index >= 15 is 0 Å². The Hall–Kier alpha value is -7.96. The zero-order chi connectivity index (χ0) is 47.1. The molecule has 19 heteroatoms. The van der Waals surface area contributed by atoms with E-state index in [2.05, 4.69) is 0 Å². The normalized spacial score (nSPS) is 19.6. The van der Waals surface area contributed by atoms with Gasteiger partial charge in [0.2, 0.25) is 0 Å². The first-order chi connectivity index (χ1) is 30.7. The molecule has 338 valence electrons. The van der Waals surface area contributed by atoms with Crippen LogP contribution >= 0.6 is 0 Å². The van der Waals surface area contributed by atoms with Crippen LogP contribution in [0, 0.1) is 0 Å². The predicted molar refractivity (Wildman–Crippen MR) is 217 cm³/mol. The Kier molecular flexibility index (Phi) is 12.2. The molecule has 0 saturated heterocycles. The monoisotopic (exact) mass is 896 g/mol. The number of rotatable bonds is 10. The van der Waals surface area contributed by atoms with Crippen molar-refractivity contribution in [2.75, 3.05) is 0 Å². The van der Waals surface area contributed by atoms with Crippen molar-refractivity contribution in [3.05, 3.63) is 88.5 Å². The van der Waals surface area contributed by atoms with Gasteiger partial charge in [-0.2, -0.15) is 0 Å². The van der Waals surface area contributed by atoms with Crippen LogP contribution in [0.3, 0.4) is 0 Å². The number of fused-ring (bicyclic) bond motifs is 8. The van der Waals surface area contributed by atoms with E-state index in [0.717, 1.165) is 41.5 Å². The molecule has 0 aromatic heterocycles. The number of esters is 8. The van der Waals surface area contributed by atoms with Crippen LogP contribution in [0.5, 0.6) is 51.7 Å². The molecule has 4 aromatic rings. The molecule has 7 rings (SSSR count). The summed E-state index contributed by atoms with van der Waals surface area (Å²) in [7, 11) is 0. The zero-order valence-corrected chi connectivity index (χ0v) is 36.0. The lowest BCUT2D eigenvalue weighted by Gasteiger charge is -2.51. The summed E-state index contributed by atoms with van der Waals surface area (Å²) in [5, 5.41) is 0. The summed E-state index contributed by atoms with van der Waals surface area (Å²) in [6.45, 7) is 9.30. The van der Waals surface area contributed by atoms with Crippen LogP contribution in [0.25, 0.3) is 0 Å². The third-order valence-corrected chi connectivity index (χ3v) is 9.93. The fraction of sp³-hybridized carbons (Fsp3) is 0.304. The number of hydrogen-bond donors (Lipinski definition) is 0. The fourth-order valence-corrected chi connectivity index (χ4v) is 8.00. The molecule has 0 fully saturated rings. The Morgan fingerprint density at radius 3 is 1.63 bits per heavy atom. The lowest BCUT2D eigenvalue weighted by molar-refractivity contribution is -0.232. The topological polar surface area (TPSA) is 238 Å². The molecule has 0 unspecified atom stereocenters. The minimum Gasteiger partial charge on any atom is -0.481 e. The van der Waals surface area contributed by atoms with Crippen molar-refractivity contribution in [2.45, 2.75) is 91.8 Å². The molecule has 0 saturated carbocycles. The van der Waals surface area contributed by atoms with Crippen LogP contribution in [0.4, 0.5) is 0 Å². The molecule has 65 heavy (non-hydrogen) atoms. The molecule has 0 N–H and O–H groups in total. The summed E-state index contributed by atoms with van der Waals surface area (Å²) in [5.74, 6) is -9.99. The molecular formula is C46H40O19. The highest BCUT2D eigenvalue weighted by Gasteiger charge is 2.63. The minimum atomic E-state index is -2.16. The molecule has 5 atom stereocenters. The number of hydrogen-bond acceptors (Lipinski definition) is 19. The van der Waals surface area contributed by atoms with Crippen LogP contribution in [0.1, 0.15) is 95.2 Å². The molecule has 0 aliphatic carbocycles. The Morgan fingerprint density at radius 1 is 0.508 bits per heavy atom. The Balaban J connectivity index is 1.56. The average Bonchev–Trinajstić information content (AvgIpc) is 3.17. The molecule has 19 nitrogen and oxygen atoms in total. The van der Waals surface area contributed by atoms with Crippen LogP contribution < -0.4 is 42.6 Å². The van der Waals surface area contributed by atoms with E-state index in [1.54, 1.807) is 0 Å². The van der Waals surface area contributed by atoms with Crippen molar-refractivity contribution in [3.63, 3.8) is 0 Å². The second-order valence-electron chi connectivity index (χ2n) is 15.0. The summed E-state index contributed by atoms with van der Waals surface area (Å²) in [5.41, 5.74) is 0.844. The highest BCUT2D eigenvalue weighted by Crippen LogP contribution is 2.63. The Morgan fingerprint density at radius 2 is 1.05 bits per heavy atom. The smallest absolute Gasteiger partial charge is 0.316 e. The number of ether oxygens (including phenoxy) is 11. The van der Waals surface area contributed by atoms with E-state index in [4.69, 9.17) is 52.1 Å². The maximum atomic E-state index is 13.3. The summed E-state index contributed by atoms with van der Waals surface area (Å²) >= 11 is 0. The van der Waals surface area contributed by atoms with Gasteiger partial charge in [0.1, 0.15) is 46.4 Å². The highest BCUT2D eigenvalue weighted by atomic mass is 16.7. The van der Waals surface area contributed by atoms with Crippen molar-refractivity contribution >= 4 is 47.8 Å². The molecule has 0 amide bonds. The van der Waals surface area contributed by atoms with Gasteiger partial charge < -0.3 is 52.1 Å². The first-order valence-corrected chi connectivity index (χ1v) is 19.8. The van der Waals surface area contributed by atoms with Crippen LogP contribution in [0.2, 0.25) is 0 Å². The van der Waals surface area contributed by atoms with Gasteiger partial charge in [0.15, 0.2) is 23.7 Å². The maximum Gasteiger partial charge on any atom is 0.316 e. The van der Waals surface area contributed by atoms with Crippen molar-refractivity contribution in [3.8, 4) is 51.7 Å². The lowest BCUT2D eigenvalue weighted by atomic mass is 9.74. The summed E-state index contributed by atoms with van der Waals surface area (Å²) < 4.78 is 65.3. The van der Waals surface area contributed by atoms with Gasteiger partial charge in [-0.25, -0.2) is 0 Å². The molecular weight excluding hydrogens is 856 g/mol. The van der Waals surface area contributed by atoms with E-state index < -0.39 is 77.8 Å². The zero-order valence-electron chi connectivity index (χ0n) is 36.0. The van der Waals surface area contributed by atoms with E-state index in [-0.39, 0.29) is 86.0 Å². The van der Waals surface area contributed by atoms with Crippen LogP contribution in [-0.2, 0) is 60.0 Å². The third-order valence-electron chi connectivity index (χ3n) is 9.93. The van der Waals surface area contributed by atoms with Crippen LogP contribution in [0.15, 0.2) is 60.7 Å². The summed E-state index contributed by atoms with van der Waals surface area (Å²) in [6, 6.07) is 14.1. The fourth-order valence-electron chi connectivity index (χ4n) is 8.00. The molecule has 2 bridgehead atoms. The SMILES string of the molecule is CC(=O)Oc1ccc([C@@]23Oc4cc(OC(C)=O)cc(OC(C)=O)c4[C@@H](c4c(cc(OC(C)=O)c5c4O[C@H](c4ccc(OC(C)=O)c(OC(C)=O)c4)[C@@H](OC(C)=O)C5)O2)[C@@H]3OC(C)=O)cc1. The Labute approximate surface area is 369 Å². The summed E-state index contributed by atoms with van der Waals surface area (Å²) in [4.78, 5) is 99.8. The van der Waals surface area contributed by atoms with Crippen molar-refractivity contribution in [1.82, 2.24) is 0 Å². The predicted octanol–water partition coefficient (Wildman–Crippen LogP) is 5.55. The number of benzene rings is 4. The van der Waals surface area contributed by atoms with Crippen molar-refractivity contribution in [1.29, 1.82) is 0 Å². The van der Waals surface area contributed by atoms with Gasteiger partial charge in [-0.15, -0.1) is 0 Å². The standard InChI is InChI=1S/C46H40O19/c1-20(47)55-30-12-10-29(11-13-30)46-45(62-27(8)54)42(40-36(60-25(6)52)16-31(56-21(2)48)17-37(40)64-46)41-38(65-46)19-34(58-23(4)50)32-18-39(61-26(7)53)43(63-44(32)41)28-9-14-33(57-22(3)49)35(15-28)59-24(5)51/h9-17,19,39,42-43,45H,18H2,1-8H3/t39-,42-,43+,45-,46+/m0/s1. The second kappa shape index (κ2) is 17.7.